The molecular formula is C13H18N4O5. The molecule has 1 aromatic rings. The van der Waals surface area contributed by atoms with Gasteiger partial charge >= 0.3 is 11.8 Å². The van der Waals surface area contributed by atoms with Gasteiger partial charge in [0.15, 0.2) is 0 Å². The molecule has 9 heteroatoms. The van der Waals surface area contributed by atoms with E-state index in [9.17, 15) is 24.8 Å². The molecule has 22 heavy (non-hydrogen) atoms. The second-order valence-electron chi connectivity index (χ2n) is 5.73. The number of hydrogen-bond donors (Lipinski definition) is 2. The average Bonchev–Trinajstić information content (AvgIpc) is 2.86. The number of hydrogen-bond acceptors (Lipinski definition) is 5. The molecule has 1 amide bonds. The molecule has 0 saturated heterocycles. The van der Waals surface area contributed by atoms with Gasteiger partial charge in [0, 0.05) is 0 Å². The first kappa shape index (κ1) is 15.9. The van der Waals surface area contributed by atoms with Crippen LogP contribution >= 0.6 is 0 Å². The van der Waals surface area contributed by atoms with E-state index < -0.39 is 28.3 Å². The molecule has 9 nitrogen and oxygen atoms in total. The molecule has 1 aliphatic rings. The Hall–Kier alpha value is -2.45. The van der Waals surface area contributed by atoms with Crippen molar-refractivity contribution in [2.24, 2.45) is 5.92 Å². The minimum atomic E-state index is -0.919. The fraction of sp³-hybridized carbons (Fsp3) is 0.615. The van der Waals surface area contributed by atoms with Crippen LogP contribution in [-0.4, -0.2) is 37.2 Å². The summed E-state index contributed by atoms with van der Waals surface area (Å²) in [6.07, 6.45) is 4.14. The predicted octanol–water partition coefficient (Wildman–Crippen LogP) is 0.941. The topological polar surface area (TPSA) is 127 Å². The van der Waals surface area contributed by atoms with E-state index in [1.807, 2.05) is 0 Å². The molecule has 120 valence electrons. The Morgan fingerprint density at radius 2 is 2.32 bits per heavy atom. The Morgan fingerprint density at radius 1 is 1.59 bits per heavy atom. The second-order valence-corrected chi connectivity index (χ2v) is 5.73. The molecule has 2 atom stereocenters. The van der Waals surface area contributed by atoms with Crippen molar-refractivity contribution >= 4 is 17.7 Å². The van der Waals surface area contributed by atoms with Gasteiger partial charge in [-0.15, -0.1) is 0 Å². The third-order valence-electron chi connectivity index (χ3n) is 4.05. The average molecular weight is 310 g/mol. The fourth-order valence-electron chi connectivity index (χ4n) is 2.92. The molecule has 0 aromatic carbocycles. The minimum Gasteiger partial charge on any atom is -0.481 e. The standard InChI is InChI=1S/C13H18N4O5/c1-13(6-3-2-4-9(13)12(19)20)14-11(18)8-16-7-5-10(15-16)17(21)22/h5,7,9H,2-4,6,8H2,1H3,(H,14,18)(H,19,20). The van der Waals surface area contributed by atoms with E-state index in [-0.39, 0.29) is 12.4 Å². The number of aromatic nitrogens is 2. The first-order chi connectivity index (χ1) is 10.3. The van der Waals surface area contributed by atoms with Gasteiger partial charge in [0.1, 0.15) is 6.54 Å². The number of nitro groups is 1. The molecule has 1 aliphatic carbocycles. The maximum Gasteiger partial charge on any atom is 0.389 e. The summed E-state index contributed by atoms with van der Waals surface area (Å²) >= 11 is 0. The summed E-state index contributed by atoms with van der Waals surface area (Å²) in [7, 11) is 0. The summed E-state index contributed by atoms with van der Waals surface area (Å²) in [6, 6.07) is 1.20. The summed E-state index contributed by atoms with van der Waals surface area (Å²) in [5.74, 6) is -2.29. The maximum absolute atomic E-state index is 12.1. The van der Waals surface area contributed by atoms with Gasteiger partial charge in [-0.1, -0.05) is 12.8 Å². The zero-order valence-corrected chi connectivity index (χ0v) is 12.2. The van der Waals surface area contributed by atoms with E-state index in [4.69, 9.17) is 0 Å². The van der Waals surface area contributed by atoms with E-state index in [2.05, 4.69) is 10.4 Å². The highest BCUT2D eigenvalue weighted by molar-refractivity contribution is 5.79. The normalized spacial score (nSPS) is 24.7. The molecular weight excluding hydrogens is 292 g/mol. The quantitative estimate of drug-likeness (QED) is 0.615. The lowest BCUT2D eigenvalue weighted by atomic mass is 9.74. The van der Waals surface area contributed by atoms with Gasteiger partial charge in [0.2, 0.25) is 5.91 Å². The van der Waals surface area contributed by atoms with Gasteiger partial charge in [-0.2, -0.15) is 4.68 Å². The van der Waals surface area contributed by atoms with Gasteiger partial charge in [-0.25, -0.2) is 0 Å². The number of carbonyl (C=O) groups is 2. The SMILES string of the molecule is CC1(NC(=O)Cn2ccc([N+](=O)[O-])n2)CCCCC1C(=O)O. The highest BCUT2D eigenvalue weighted by Gasteiger charge is 2.42. The summed E-state index contributed by atoms with van der Waals surface area (Å²) in [5.41, 5.74) is -0.805. The molecule has 1 saturated carbocycles. The molecule has 1 aromatic heterocycles. The lowest BCUT2D eigenvalue weighted by Crippen LogP contribution is -2.56. The lowest BCUT2D eigenvalue weighted by molar-refractivity contribution is -0.389. The van der Waals surface area contributed by atoms with Crippen molar-refractivity contribution in [2.75, 3.05) is 0 Å². The Morgan fingerprint density at radius 3 is 2.91 bits per heavy atom. The minimum absolute atomic E-state index is 0.185. The first-order valence-electron chi connectivity index (χ1n) is 7.03. The van der Waals surface area contributed by atoms with Crippen molar-refractivity contribution in [2.45, 2.75) is 44.7 Å². The van der Waals surface area contributed by atoms with Crippen LogP contribution < -0.4 is 5.32 Å². The van der Waals surface area contributed by atoms with Crippen molar-refractivity contribution < 1.29 is 19.6 Å². The van der Waals surface area contributed by atoms with Crippen LogP contribution in [-0.2, 0) is 16.1 Å². The summed E-state index contributed by atoms with van der Waals surface area (Å²) in [5, 5.41) is 26.3. The number of aliphatic carboxylic acids is 1. The van der Waals surface area contributed by atoms with Crippen LogP contribution in [0.2, 0.25) is 0 Å². The molecule has 1 heterocycles. The number of rotatable bonds is 5. The Kier molecular flexibility index (Phi) is 4.43. The number of amides is 1. The van der Waals surface area contributed by atoms with E-state index in [0.29, 0.717) is 12.8 Å². The third-order valence-corrected chi connectivity index (χ3v) is 4.05. The number of carboxylic acid groups (broad SMARTS) is 1. The van der Waals surface area contributed by atoms with E-state index in [0.717, 1.165) is 17.5 Å². The van der Waals surface area contributed by atoms with Gasteiger partial charge in [0.25, 0.3) is 0 Å². The van der Waals surface area contributed by atoms with Crippen LogP contribution in [0.1, 0.15) is 32.6 Å². The number of carboxylic acids is 1. The molecule has 2 unspecified atom stereocenters. The molecule has 2 N–H and O–H groups in total. The molecule has 2 rings (SSSR count). The van der Waals surface area contributed by atoms with Crippen LogP contribution in [0.3, 0.4) is 0 Å². The van der Waals surface area contributed by atoms with Crippen LogP contribution in [0.15, 0.2) is 12.3 Å². The van der Waals surface area contributed by atoms with Crippen molar-refractivity contribution in [1.29, 1.82) is 0 Å². The Labute approximate surface area is 126 Å². The van der Waals surface area contributed by atoms with E-state index in [1.165, 1.54) is 12.3 Å². The first-order valence-corrected chi connectivity index (χ1v) is 7.03. The number of carbonyl (C=O) groups excluding carboxylic acids is 1. The monoisotopic (exact) mass is 310 g/mol. The lowest BCUT2D eigenvalue weighted by Gasteiger charge is -2.39. The second kappa shape index (κ2) is 6.12. The summed E-state index contributed by atoms with van der Waals surface area (Å²) in [6.45, 7) is 1.55. The van der Waals surface area contributed by atoms with Crippen molar-refractivity contribution in [3.05, 3.63) is 22.4 Å². The van der Waals surface area contributed by atoms with E-state index in [1.54, 1.807) is 6.92 Å². The Balaban J connectivity index is 2.03. The third kappa shape index (κ3) is 3.41. The Bertz CT molecular complexity index is 599. The molecule has 0 aliphatic heterocycles. The summed E-state index contributed by atoms with van der Waals surface area (Å²) < 4.78 is 1.16. The van der Waals surface area contributed by atoms with Crippen LogP contribution in [0, 0.1) is 16.0 Å². The largest absolute Gasteiger partial charge is 0.481 e. The highest BCUT2D eigenvalue weighted by atomic mass is 16.6. The van der Waals surface area contributed by atoms with Gasteiger partial charge in [0.05, 0.1) is 28.8 Å². The molecule has 0 bridgehead atoms. The molecule has 0 spiro atoms. The van der Waals surface area contributed by atoms with Crippen molar-refractivity contribution in [1.82, 2.24) is 15.1 Å². The number of nitrogens with one attached hydrogen (secondary N) is 1. The predicted molar refractivity (Wildman–Crippen MR) is 75.0 cm³/mol. The molecule has 0 radical (unpaired) electrons. The summed E-state index contributed by atoms with van der Waals surface area (Å²) in [4.78, 5) is 33.4. The van der Waals surface area contributed by atoms with Crippen LogP contribution in [0.4, 0.5) is 5.82 Å². The van der Waals surface area contributed by atoms with E-state index >= 15 is 0 Å². The van der Waals surface area contributed by atoms with Gasteiger partial charge in [-0.3, -0.25) is 9.59 Å². The fourth-order valence-corrected chi connectivity index (χ4v) is 2.92. The van der Waals surface area contributed by atoms with Crippen LogP contribution in [0.5, 0.6) is 0 Å². The van der Waals surface area contributed by atoms with Gasteiger partial charge in [-0.05, 0) is 24.7 Å². The zero-order valence-electron chi connectivity index (χ0n) is 12.2. The maximum atomic E-state index is 12.1. The number of nitrogens with zero attached hydrogens (tertiary/aromatic N) is 3. The zero-order chi connectivity index (χ0) is 16.3. The van der Waals surface area contributed by atoms with Gasteiger partial charge < -0.3 is 20.5 Å². The van der Waals surface area contributed by atoms with Crippen LogP contribution in [0.25, 0.3) is 0 Å². The van der Waals surface area contributed by atoms with Crippen molar-refractivity contribution in [3.63, 3.8) is 0 Å². The smallest absolute Gasteiger partial charge is 0.389 e. The van der Waals surface area contributed by atoms with Crippen molar-refractivity contribution in [3.8, 4) is 0 Å². The highest BCUT2D eigenvalue weighted by Crippen LogP contribution is 2.33. The molecule has 1 fully saturated rings.